The molecular weight excluding hydrogens is 476 g/mol. The summed E-state index contributed by atoms with van der Waals surface area (Å²) in [6, 6.07) is 21.3. The largest absolute Gasteiger partial charge is 0.495 e. The van der Waals surface area contributed by atoms with Crippen LogP contribution in [0.4, 0.5) is 11.4 Å². The molecule has 0 saturated carbocycles. The predicted molar refractivity (Wildman–Crippen MR) is 133 cm³/mol. The Kier molecular flexibility index (Phi) is 7.86. The number of hydrogen-bond acceptors (Lipinski definition) is 6. The van der Waals surface area contributed by atoms with Crippen molar-refractivity contribution in [3.05, 3.63) is 84.4 Å². The first-order valence-corrected chi connectivity index (χ1v) is 13.8. The lowest BCUT2D eigenvalue weighted by atomic mass is 10.2. The first-order chi connectivity index (χ1) is 16.1. The molecule has 0 aromatic heterocycles. The molecule has 0 saturated heterocycles. The molecule has 3 aromatic carbocycles. The fourth-order valence-corrected chi connectivity index (χ4v) is 6.12. The van der Waals surface area contributed by atoms with Gasteiger partial charge in [-0.1, -0.05) is 48.5 Å². The Morgan fingerprint density at radius 3 is 1.91 bits per heavy atom. The standard InChI is InChI=1S/C24H28N2O6S2/c1-19-11-7-8-14-22(19)25(33(3,28)29)17-20(27)18-26(23-15-9-10-16-24(23)32-2)34(30,31)21-12-5-4-6-13-21/h4-16,20,27H,17-18H2,1-3H3/t20-/m1/s1. The second-order valence-corrected chi connectivity index (χ2v) is 11.5. The van der Waals surface area contributed by atoms with Crippen LogP contribution in [-0.2, 0) is 20.0 Å². The van der Waals surface area contributed by atoms with Crippen molar-refractivity contribution in [3.8, 4) is 5.75 Å². The summed E-state index contributed by atoms with van der Waals surface area (Å²) in [5.74, 6) is 0.299. The lowest BCUT2D eigenvalue weighted by molar-refractivity contribution is 0.193. The van der Waals surface area contributed by atoms with Crippen LogP contribution in [0.3, 0.4) is 0 Å². The van der Waals surface area contributed by atoms with Crippen molar-refractivity contribution in [2.75, 3.05) is 35.1 Å². The summed E-state index contributed by atoms with van der Waals surface area (Å²) in [7, 11) is -6.43. The van der Waals surface area contributed by atoms with Gasteiger partial charge in [0.25, 0.3) is 10.0 Å². The maximum Gasteiger partial charge on any atom is 0.264 e. The van der Waals surface area contributed by atoms with E-state index in [1.165, 1.54) is 19.2 Å². The number of ether oxygens (including phenoxy) is 1. The third-order valence-corrected chi connectivity index (χ3v) is 8.16. The highest BCUT2D eigenvalue weighted by molar-refractivity contribution is 7.93. The molecule has 0 aliphatic heterocycles. The van der Waals surface area contributed by atoms with E-state index in [4.69, 9.17) is 4.74 Å². The van der Waals surface area contributed by atoms with Crippen LogP contribution in [0.15, 0.2) is 83.8 Å². The molecule has 0 fully saturated rings. The van der Waals surface area contributed by atoms with E-state index < -0.39 is 32.7 Å². The normalized spacial score (nSPS) is 12.7. The molecule has 3 aromatic rings. The molecular formula is C24H28N2O6S2. The molecule has 1 N–H and O–H groups in total. The van der Waals surface area contributed by atoms with E-state index in [9.17, 15) is 21.9 Å². The second kappa shape index (κ2) is 10.5. The number of sulfonamides is 2. The van der Waals surface area contributed by atoms with Crippen molar-refractivity contribution in [2.45, 2.75) is 17.9 Å². The van der Waals surface area contributed by atoms with Gasteiger partial charge < -0.3 is 9.84 Å². The highest BCUT2D eigenvalue weighted by atomic mass is 32.2. The van der Waals surface area contributed by atoms with Crippen LogP contribution in [-0.4, -0.2) is 54.5 Å². The predicted octanol–water partition coefficient (Wildman–Crippen LogP) is 3.03. The molecule has 0 aliphatic rings. The van der Waals surface area contributed by atoms with Crippen molar-refractivity contribution in [1.82, 2.24) is 0 Å². The number of nitrogens with zero attached hydrogens (tertiary/aromatic N) is 2. The van der Waals surface area contributed by atoms with Crippen molar-refractivity contribution >= 4 is 31.4 Å². The monoisotopic (exact) mass is 504 g/mol. The van der Waals surface area contributed by atoms with Crippen LogP contribution in [0, 0.1) is 6.92 Å². The Balaban J connectivity index is 2.02. The van der Waals surface area contributed by atoms with E-state index in [-0.39, 0.29) is 17.1 Å². The number of rotatable bonds is 10. The topological polar surface area (TPSA) is 104 Å². The van der Waals surface area contributed by atoms with Crippen LogP contribution in [0.5, 0.6) is 5.75 Å². The van der Waals surface area contributed by atoms with Crippen LogP contribution >= 0.6 is 0 Å². The first kappa shape index (κ1) is 25.5. The maximum absolute atomic E-state index is 13.6. The molecule has 0 aliphatic carbocycles. The summed E-state index contributed by atoms with van der Waals surface area (Å²) in [5, 5.41) is 11.0. The van der Waals surface area contributed by atoms with Gasteiger partial charge in [-0.2, -0.15) is 0 Å². The zero-order chi connectivity index (χ0) is 24.9. The summed E-state index contributed by atoms with van der Waals surface area (Å²) >= 11 is 0. The summed E-state index contributed by atoms with van der Waals surface area (Å²) in [4.78, 5) is 0.0342. The molecule has 1 atom stereocenters. The number of anilines is 2. The number of aliphatic hydroxyl groups is 1. The molecule has 0 heterocycles. The van der Waals surface area contributed by atoms with Gasteiger partial charge in [0.2, 0.25) is 10.0 Å². The van der Waals surface area contributed by atoms with E-state index in [1.807, 2.05) is 0 Å². The summed E-state index contributed by atoms with van der Waals surface area (Å²) in [5.41, 5.74) is 1.35. The lowest BCUT2D eigenvalue weighted by Gasteiger charge is -2.31. The zero-order valence-electron chi connectivity index (χ0n) is 19.2. The van der Waals surface area contributed by atoms with E-state index in [0.717, 1.165) is 14.9 Å². The van der Waals surface area contributed by atoms with Crippen molar-refractivity contribution in [1.29, 1.82) is 0 Å². The Morgan fingerprint density at radius 2 is 1.32 bits per heavy atom. The SMILES string of the molecule is COc1ccccc1N(C[C@H](O)CN(c1ccccc1C)S(C)(=O)=O)S(=O)(=O)c1ccccc1. The van der Waals surface area contributed by atoms with Gasteiger partial charge in [-0.05, 0) is 42.8 Å². The number of hydrogen-bond donors (Lipinski definition) is 1. The van der Waals surface area contributed by atoms with Crippen LogP contribution < -0.4 is 13.3 Å². The molecule has 0 radical (unpaired) electrons. The maximum atomic E-state index is 13.6. The molecule has 0 unspecified atom stereocenters. The van der Waals surface area contributed by atoms with Crippen LogP contribution in [0.1, 0.15) is 5.56 Å². The number of para-hydroxylation sites is 3. The highest BCUT2D eigenvalue weighted by Crippen LogP contribution is 2.32. The fourth-order valence-electron chi connectivity index (χ4n) is 3.58. The average molecular weight is 505 g/mol. The van der Waals surface area contributed by atoms with Crippen LogP contribution in [0.25, 0.3) is 0 Å². The van der Waals surface area contributed by atoms with Crippen LogP contribution in [0.2, 0.25) is 0 Å². The summed E-state index contributed by atoms with van der Waals surface area (Å²) < 4.78 is 59.8. The van der Waals surface area contributed by atoms with Gasteiger partial charge >= 0.3 is 0 Å². The van der Waals surface area contributed by atoms with E-state index >= 15 is 0 Å². The molecule has 0 amide bonds. The Morgan fingerprint density at radius 1 is 0.794 bits per heavy atom. The smallest absolute Gasteiger partial charge is 0.264 e. The molecule has 8 nitrogen and oxygen atoms in total. The minimum Gasteiger partial charge on any atom is -0.495 e. The van der Waals surface area contributed by atoms with Crippen molar-refractivity contribution in [3.63, 3.8) is 0 Å². The van der Waals surface area contributed by atoms with E-state index in [2.05, 4.69) is 0 Å². The molecule has 0 spiro atoms. The molecule has 10 heteroatoms. The van der Waals surface area contributed by atoms with Crippen molar-refractivity contribution < 1.29 is 26.7 Å². The minimum absolute atomic E-state index is 0.0342. The second-order valence-electron chi connectivity index (χ2n) is 7.76. The third kappa shape index (κ3) is 5.69. The van der Waals surface area contributed by atoms with Gasteiger partial charge in [0, 0.05) is 0 Å². The lowest BCUT2D eigenvalue weighted by Crippen LogP contribution is -2.44. The number of benzene rings is 3. The van der Waals surface area contributed by atoms with Gasteiger partial charge in [0.05, 0.1) is 48.8 Å². The zero-order valence-corrected chi connectivity index (χ0v) is 20.8. The van der Waals surface area contributed by atoms with Gasteiger partial charge in [-0.15, -0.1) is 0 Å². The van der Waals surface area contributed by atoms with Gasteiger partial charge in [0.15, 0.2) is 0 Å². The first-order valence-electron chi connectivity index (χ1n) is 10.5. The molecule has 34 heavy (non-hydrogen) atoms. The van der Waals surface area contributed by atoms with E-state index in [1.54, 1.807) is 73.7 Å². The van der Waals surface area contributed by atoms with Crippen molar-refractivity contribution in [2.24, 2.45) is 0 Å². The molecule has 182 valence electrons. The molecule has 3 rings (SSSR count). The Labute approximate surface area is 201 Å². The summed E-state index contributed by atoms with van der Waals surface area (Å²) in [6.07, 6.45) is -0.303. The van der Waals surface area contributed by atoms with Gasteiger partial charge in [-0.3, -0.25) is 8.61 Å². The Bertz CT molecular complexity index is 1330. The van der Waals surface area contributed by atoms with Gasteiger partial charge in [-0.25, -0.2) is 16.8 Å². The number of aryl methyl sites for hydroxylation is 1. The van der Waals surface area contributed by atoms with Gasteiger partial charge in [0.1, 0.15) is 5.75 Å². The minimum atomic E-state index is -4.10. The third-order valence-electron chi connectivity index (χ3n) is 5.22. The summed E-state index contributed by atoms with van der Waals surface area (Å²) in [6.45, 7) is 1.04. The number of aliphatic hydroxyl groups excluding tert-OH is 1. The van der Waals surface area contributed by atoms with E-state index in [0.29, 0.717) is 17.0 Å². The number of methoxy groups -OCH3 is 1. The fraction of sp³-hybridized carbons (Fsp3) is 0.250. The average Bonchev–Trinajstić information content (AvgIpc) is 2.81. The highest BCUT2D eigenvalue weighted by Gasteiger charge is 2.31. The Hall–Kier alpha value is -3.08. The molecule has 0 bridgehead atoms. The quantitative estimate of drug-likeness (QED) is 0.455.